The molecule has 0 radical (unpaired) electrons. The first-order chi connectivity index (χ1) is 13.3. The van der Waals surface area contributed by atoms with Gasteiger partial charge in [0.25, 0.3) is 0 Å². The quantitative estimate of drug-likeness (QED) is 0.387. The fourth-order valence-electron chi connectivity index (χ4n) is 3.39. The van der Waals surface area contributed by atoms with Gasteiger partial charge < -0.3 is 4.57 Å². The molecule has 3 aromatic carbocycles. The lowest BCUT2D eigenvalue weighted by molar-refractivity contribution is 0.602. The highest BCUT2D eigenvalue weighted by atomic mass is 32.2. The number of aromatic nitrogens is 1. The fraction of sp³-hybridized carbons (Fsp3) is 0.136. The Hall–Kier alpha value is -3.12. The maximum absolute atomic E-state index is 11.6. The summed E-state index contributed by atoms with van der Waals surface area (Å²) in [5.74, 6) is 0. The number of hydrogen-bond donors (Lipinski definition) is 0. The van der Waals surface area contributed by atoms with Crippen molar-refractivity contribution in [3.05, 3.63) is 72.3 Å². The zero-order chi connectivity index (χ0) is 19.9. The van der Waals surface area contributed by atoms with Crippen LogP contribution in [0.2, 0.25) is 0 Å². The van der Waals surface area contributed by atoms with E-state index in [1.54, 1.807) is 29.3 Å². The van der Waals surface area contributed by atoms with Gasteiger partial charge in [-0.15, -0.1) is 0 Å². The Balaban J connectivity index is 1.64. The van der Waals surface area contributed by atoms with E-state index in [9.17, 15) is 8.42 Å². The molecular formula is C22H21N3O2S. The molecule has 1 heterocycles. The average molecular weight is 391 g/mol. The third kappa shape index (κ3) is 3.27. The normalized spacial score (nSPS) is 12.2. The van der Waals surface area contributed by atoms with Gasteiger partial charge in [-0.2, -0.15) is 5.10 Å². The second-order valence-corrected chi connectivity index (χ2v) is 8.90. The van der Waals surface area contributed by atoms with Crippen LogP contribution in [0.4, 0.5) is 5.69 Å². The molecule has 4 rings (SSSR count). The number of benzene rings is 3. The van der Waals surface area contributed by atoms with E-state index < -0.39 is 9.84 Å². The lowest BCUT2D eigenvalue weighted by Crippen LogP contribution is -2.09. The van der Waals surface area contributed by atoms with Gasteiger partial charge >= 0.3 is 0 Å². The van der Waals surface area contributed by atoms with Crippen LogP contribution in [-0.4, -0.2) is 32.5 Å². The summed E-state index contributed by atoms with van der Waals surface area (Å²) in [5, 5.41) is 8.64. The Labute approximate surface area is 164 Å². The molecule has 0 aliphatic heterocycles. The fourth-order valence-corrected chi connectivity index (χ4v) is 4.03. The van der Waals surface area contributed by atoms with Crippen molar-refractivity contribution in [2.24, 2.45) is 12.1 Å². The molecule has 0 aliphatic rings. The van der Waals surface area contributed by atoms with Crippen molar-refractivity contribution >= 4 is 43.5 Å². The van der Waals surface area contributed by atoms with Crippen LogP contribution >= 0.6 is 0 Å². The van der Waals surface area contributed by atoms with Crippen LogP contribution in [0.25, 0.3) is 21.8 Å². The Morgan fingerprint density at radius 3 is 2.32 bits per heavy atom. The van der Waals surface area contributed by atoms with Crippen molar-refractivity contribution in [3.8, 4) is 0 Å². The summed E-state index contributed by atoms with van der Waals surface area (Å²) in [6.45, 7) is 0. The van der Waals surface area contributed by atoms with Crippen molar-refractivity contribution in [2.45, 2.75) is 4.90 Å². The SMILES string of the molecule is CN(/N=C\c1ccc2c(c1)c1ccccc1n2C)c1ccc(S(C)(=O)=O)cc1. The van der Waals surface area contributed by atoms with Gasteiger partial charge in [-0.1, -0.05) is 24.3 Å². The maximum Gasteiger partial charge on any atom is 0.175 e. The predicted octanol–water partition coefficient (Wildman–Crippen LogP) is 4.21. The van der Waals surface area contributed by atoms with Crippen LogP contribution in [0.3, 0.4) is 0 Å². The standard InChI is InChI=1S/C22H21N3O2S/c1-24-21-7-5-4-6-19(21)20-14-16(8-13-22(20)24)15-23-25(2)17-9-11-18(12-10-17)28(3,26)27/h4-15H,1-3H3/b23-15-. The van der Waals surface area contributed by atoms with Gasteiger partial charge in [0.2, 0.25) is 0 Å². The van der Waals surface area contributed by atoms with Crippen LogP contribution in [0.1, 0.15) is 5.56 Å². The van der Waals surface area contributed by atoms with Gasteiger partial charge in [0, 0.05) is 42.2 Å². The smallest absolute Gasteiger partial charge is 0.175 e. The molecule has 0 spiro atoms. The molecule has 0 atom stereocenters. The number of hydrogen-bond acceptors (Lipinski definition) is 4. The minimum absolute atomic E-state index is 0.301. The summed E-state index contributed by atoms with van der Waals surface area (Å²) in [5.41, 5.74) is 4.20. The Morgan fingerprint density at radius 1 is 0.929 bits per heavy atom. The van der Waals surface area contributed by atoms with Crippen LogP contribution < -0.4 is 5.01 Å². The van der Waals surface area contributed by atoms with E-state index in [-0.39, 0.29) is 0 Å². The van der Waals surface area contributed by atoms with Crippen LogP contribution in [-0.2, 0) is 16.9 Å². The molecule has 142 valence electrons. The lowest BCUT2D eigenvalue weighted by atomic mass is 10.1. The number of para-hydroxylation sites is 1. The van der Waals surface area contributed by atoms with Gasteiger partial charge in [-0.05, 0) is 48.0 Å². The monoisotopic (exact) mass is 391 g/mol. The zero-order valence-corrected chi connectivity index (χ0v) is 16.8. The van der Waals surface area contributed by atoms with Gasteiger partial charge in [-0.3, -0.25) is 5.01 Å². The highest BCUT2D eigenvalue weighted by Gasteiger charge is 2.09. The van der Waals surface area contributed by atoms with Crippen molar-refractivity contribution in [1.82, 2.24) is 4.57 Å². The summed E-state index contributed by atoms with van der Waals surface area (Å²) < 4.78 is 25.4. The zero-order valence-electron chi connectivity index (χ0n) is 16.0. The van der Waals surface area contributed by atoms with Crippen LogP contribution in [0.5, 0.6) is 0 Å². The van der Waals surface area contributed by atoms with Crippen LogP contribution in [0.15, 0.2) is 76.7 Å². The van der Waals surface area contributed by atoms with E-state index in [1.807, 2.05) is 25.4 Å². The van der Waals surface area contributed by atoms with Gasteiger partial charge in [-0.25, -0.2) is 8.42 Å². The Morgan fingerprint density at radius 2 is 1.61 bits per heavy atom. The molecule has 1 aromatic heterocycles. The second-order valence-electron chi connectivity index (χ2n) is 6.89. The van der Waals surface area contributed by atoms with Gasteiger partial charge in [0.1, 0.15) is 0 Å². The van der Waals surface area contributed by atoms with E-state index in [4.69, 9.17) is 0 Å². The van der Waals surface area contributed by atoms with E-state index in [2.05, 4.69) is 47.0 Å². The molecule has 0 saturated heterocycles. The second kappa shape index (κ2) is 6.80. The predicted molar refractivity (Wildman–Crippen MR) is 116 cm³/mol. The number of anilines is 1. The summed E-state index contributed by atoms with van der Waals surface area (Å²) in [4.78, 5) is 0.301. The Kier molecular flexibility index (Phi) is 4.43. The first-order valence-corrected chi connectivity index (χ1v) is 10.8. The van der Waals surface area contributed by atoms with E-state index in [0.29, 0.717) is 4.90 Å². The number of nitrogens with zero attached hydrogens (tertiary/aromatic N) is 3. The maximum atomic E-state index is 11.6. The summed E-state index contributed by atoms with van der Waals surface area (Å²) >= 11 is 0. The molecule has 28 heavy (non-hydrogen) atoms. The van der Waals surface area contributed by atoms with Gasteiger partial charge in [0.05, 0.1) is 16.8 Å². The summed E-state index contributed by atoms with van der Waals surface area (Å²) in [7, 11) is 0.715. The lowest BCUT2D eigenvalue weighted by Gasteiger charge is -2.13. The minimum Gasteiger partial charge on any atom is -0.344 e. The highest BCUT2D eigenvalue weighted by Crippen LogP contribution is 2.28. The number of hydrazone groups is 1. The molecule has 0 fully saturated rings. The van der Waals surface area contributed by atoms with Crippen molar-refractivity contribution in [1.29, 1.82) is 0 Å². The number of rotatable bonds is 4. The van der Waals surface area contributed by atoms with Crippen molar-refractivity contribution < 1.29 is 8.42 Å². The van der Waals surface area contributed by atoms with Crippen LogP contribution in [0, 0.1) is 0 Å². The number of aryl methyl sites for hydroxylation is 1. The Bertz CT molecular complexity index is 1300. The third-order valence-corrected chi connectivity index (χ3v) is 6.08. The summed E-state index contributed by atoms with van der Waals surface area (Å²) in [6, 6.07) is 21.3. The van der Waals surface area contributed by atoms with E-state index >= 15 is 0 Å². The highest BCUT2D eigenvalue weighted by molar-refractivity contribution is 7.90. The molecule has 0 unspecified atom stereocenters. The molecule has 6 heteroatoms. The molecular weight excluding hydrogens is 370 g/mol. The number of sulfone groups is 1. The first-order valence-electron chi connectivity index (χ1n) is 8.89. The molecule has 5 nitrogen and oxygen atoms in total. The molecule has 0 saturated carbocycles. The topological polar surface area (TPSA) is 54.7 Å². The minimum atomic E-state index is -3.20. The molecule has 0 bridgehead atoms. The average Bonchev–Trinajstić information content (AvgIpc) is 2.98. The first kappa shape index (κ1) is 18.3. The largest absolute Gasteiger partial charge is 0.344 e. The third-order valence-electron chi connectivity index (χ3n) is 4.96. The van der Waals surface area contributed by atoms with Gasteiger partial charge in [0.15, 0.2) is 9.84 Å². The van der Waals surface area contributed by atoms with Crippen molar-refractivity contribution in [3.63, 3.8) is 0 Å². The molecule has 0 aliphatic carbocycles. The molecule has 4 aromatic rings. The van der Waals surface area contributed by atoms with E-state index in [1.165, 1.54) is 28.1 Å². The molecule has 0 amide bonds. The number of fused-ring (bicyclic) bond motifs is 3. The van der Waals surface area contributed by atoms with E-state index in [0.717, 1.165) is 11.3 Å². The summed E-state index contributed by atoms with van der Waals surface area (Å²) in [6.07, 6.45) is 3.01. The van der Waals surface area contributed by atoms with Crippen molar-refractivity contribution in [2.75, 3.05) is 18.3 Å². The molecule has 0 N–H and O–H groups in total.